The van der Waals surface area contributed by atoms with Crippen LogP contribution in [0.25, 0.3) is 0 Å². The number of anilines is 1. The van der Waals surface area contributed by atoms with Crippen LogP contribution in [0.4, 0.5) is 5.69 Å². The molecular formula is C24H22BrN3O6S. The zero-order valence-electron chi connectivity index (χ0n) is 18.7. The van der Waals surface area contributed by atoms with E-state index in [-0.39, 0.29) is 11.7 Å². The fraction of sp³-hybridized carbons (Fsp3) is 0.167. The van der Waals surface area contributed by atoms with Gasteiger partial charge in [-0.15, -0.1) is 0 Å². The molecule has 1 aliphatic heterocycles. The number of nitrogens with zero attached hydrogens (tertiary/aromatic N) is 2. The molecule has 0 aliphatic carbocycles. The number of hydrazone groups is 1. The number of halogens is 1. The molecule has 11 heteroatoms. The Labute approximate surface area is 211 Å². The Bertz CT molecular complexity index is 1330. The molecule has 0 radical (unpaired) electrons. The van der Waals surface area contributed by atoms with Crippen LogP contribution in [0.1, 0.15) is 12.5 Å². The molecule has 0 spiro atoms. The van der Waals surface area contributed by atoms with E-state index in [1.165, 1.54) is 18.3 Å². The van der Waals surface area contributed by atoms with Crippen molar-refractivity contribution in [2.45, 2.75) is 11.8 Å². The largest absolute Gasteiger partial charge is 0.494 e. The molecular weight excluding hydrogens is 538 g/mol. The maximum atomic E-state index is 13.4. The minimum atomic E-state index is -4.02. The van der Waals surface area contributed by atoms with Gasteiger partial charge in [-0.3, -0.25) is 9.10 Å². The van der Waals surface area contributed by atoms with Crippen molar-refractivity contribution >= 4 is 43.8 Å². The van der Waals surface area contributed by atoms with Crippen LogP contribution >= 0.6 is 15.9 Å². The van der Waals surface area contributed by atoms with E-state index in [4.69, 9.17) is 14.2 Å². The predicted octanol–water partition coefficient (Wildman–Crippen LogP) is 3.92. The van der Waals surface area contributed by atoms with Crippen LogP contribution in [0.5, 0.6) is 17.2 Å². The lowest BCUT2D eigenvalue weighted by Crippen LogP contribution is -2.39. The van der Waals surface area contributed by atoms with E-state index in [0.29, 0.717) is 39.6 Å². The number of nitrogens with one attached hydrogen (secondary N) is 1. The second-order valence-electron chi connectivity index (χ2n) is 7.27. The third kappa shape index (κ3) is 5.75. The summed E-state index contributed by atoms with van der Waals surface area (Å²) in [4.78, 5) is 12.8. The standard InChI is InChI=1S/C24H22BrN3O6S/c1-2-32-19-10-8-18(9-11-19)28(35(30,31)20-6-4-3-5-7-20)15-24(29)27-26-14-17-12-22-23(13-21(17)25)34-16-33-22/h3-14H,2,15-16H2,1H3,(H,27,29). The number of amides is 1. The Morgan fingerprint density at radius 3 is 2.49 bits per heavy atom. The lowest BCUT2D eigenvalue weighted by molar-refractivity contribution is -0.119. The lowest BCUT2D eigenvalue weighted by atomic mass is 10.2. The topological polar surface area (TPSA) is 107 Å². The van der Waals surface area contributed by atoms with Crippen LogP contribution < -0.4 is 23.9 Å². The molecule has 1 heterocycles. The third-order valence-electron chi connectivity index (χ3n) is 4.94. The quantitative estimate of drug-likeness (QED) is 0.314. The van der Waals surface area contributed by atoms with E-state index in [1.807, 2.05) is 6.92 Å². The zero-order valence-corrected chi connectivity index (χ0v) is 21.1. The maximum Gasteiger partial charge on any atom is 0.264 e. The molecule has 9 nitrogen and oxygen atoms in total. The summed E-state index contributed by atoms with van der Waals surface area (Å²) in [5.41, 5.74) is 3.35. The average Bonchev–Trinajstić information content (AvgIpc) is 3.31. The first-order chi connectivity index (χ1) is 16.9. The van der Waals surface area contributed by atoms with E-state index >= 15 is 0 Å². The van der Waals surface area contributed by atoms with Gasteiger partial charge in [0, 0.05) is 10.0 Å². The fourth-order valence-corrected chi connectivity index (χ4v) is 5.15. The number of fused-ring (bicyclic) bond motifs is 1. The van der Waals surface area contributed by atoms with E-state index < -0.39 is 22.5 Å². The summed E-state index contributed by atoms with van der Waals surface area (Å²) in [6.45, 7) is 1.99. The van der Waals surface area contributed by atoms with Crippen LogP contribution in [0.2, 0.25) is 0 Å². The second kappa shape index (κ2) is 10.8. The first kappa shape index (κ1) is 24.6. The number of carbonyl (C=O) groups excluding carboxylic acids is 1. The summed E-state index contributed by atoms with van der Waals surface area (Å²) in [6.07, 6.45) is 1.43. The molecule has 1 aliphatic rings. The number of benzene rings is 3. The van der Waals surface area contributed by atoms with Crippen molar-refractivity contribution in [3.05, 3.63) is 76.8 Å². The van der Waals surface area contributed by atoms with Crippen LogP contribution in [-0.2, 0) is 14.8 Å². The summed E-state index contributed by atoms with van der Waals surface area (Å²) in [5, 5.41) is 3.98. The predicted molar refractivity (Wildman–Crippen MR) is 135 cm³/mol. The molecule has 4 rings (SSSR count). The van der Waals surface area contributed by atoms with Gasteiger partial charge in [-0.2, -0.15) is 5.10 Å². The van der Waals surface area contributed by atoms with E-state index in [1.54, 1.807) is 54.6 Å². The highest BCUT2D eigenvalue weighted by molar-refractivity contribution is 9.10. The SMILES string of the molecule is CCOc1ccc(N(CC(=O)NN=Cc2cc3c(cc2Br)OCO3)S(=O)(=O)c2ccccc2)cc1. The van der Waals surface area contributed by atoms with Gasteiger partial charge < -0.3 is 14.2 Å². The van der Waals surface area contributed by atoms with Crippen molar-refractivity contribution in [2.24, 2.45) is 5.10 Å². The summed E-state index contributed by atoms with van der Waals surface area (Å²) in [6, 6.07) is 17.9. The Balaban J connectivity index is 1.54. The molecule has 3 aromatic carbocycles. The summed E-state index contributed by atoms with van der Waals surface area (Å²) in [7, 11) is -4.02. The monoisotopic (exact) mass is 559 g/mol. The van der Waals surface area contributed by atoms with Gasteiger partial charge >= 0.3 is 0 Å². The summed E-state index contributed by atoms with van der Waals surface area (Å²) >= 11 is 3.42. The highest BCUT2D eigenvalue weighted by Crippen LogP contribution is 2.36. The molecule has 0 bridgehead atoms. The first-order valence-electron chi connectivity index (χ1n) is 10.6. The Hall–Kier alpha value is -3.57. The number of hydrogen-bond donors (Lipinski definition) is 1. The van der Waals surface area contributed by atoms with Crippen LogP contribution in [0.3, 0.4) is 0 Å². The number of ether oxygens (including phenoxy) is 3. The van der Waals surface area contributed by atoms with Crippen molar-refractivity contribution in [2.75, 3.05) is 24.2 Å². The lowest BCUT2D eigenvalue weighted by Gasteiger charge is -2.24. The Morgan fingerprint density at radius 1 is 1.11 bits per heavy atom. The Kier molecular flexibility index (Phi) is 7.57. The molecule has 0 fully saturated rings. The number of hydrogen-bond acceptors (Lipinski definition) is 7. The summed E-state index contributed by atoms with van der Waals surface area (Å²) < 4.78 is 44.6. The second-order valence-corrected chi connectivity index (χ2v) is 9.99. The van der Waals surface area contributed by atoms with Gasteiger partial charge in [-0.25, -0.2) is 13.8 Å². The Morgan fingerprint density at radius 2 is 1.80 bits per heavy atom. The van der Waals surface area contributed by atoms with Gasteiger partial charge in [-0.1, -0.05) is 18.2 Å². The molecule has 35 heavy (non-hydrogen) atoms. The van der Waals surface area contributed by atoms with Crippen molar-refractivity contribution in [1.29, 1.82) is 0 Å². The van der Waals surface area contributed by atoms with Gasteiger partial charge in [-0.05, 0) is 71.4 Å². The molecule has 3 aromatic rings. The molecule has 0 saturated heterocycles. The van der Waals surface area contributed by atoms with Gasteiger partial charge in [0.25, 0.3) is 15.9 Å². The van der Waals surface area contributed by atoms with Crippen molar-refractivity contribution < 1.29 is 27.4 Å². The third-order valence-corrected chi connectivity index (χ3v) is 7.41. The highest BCUT2D eigenvalue weighted by Gasteiger charge is 2.27. The molecule has 1 N–H and O–H groups in total. The number of rotatable bonds is 9. The molecule has 182 valence electrons. The average molecular weight is 560 g/mol. The zero-order chi connectivity index (χ0) is 24.8. The first-order valence-corrected chi connectivity index (χ1v) is 12.8. The summed E-state index contributed by atoms with van der Waals surface area (Å²) in [5.74, 6) is 1.15. The van der Waals surface area contributed by atoms with E-state index in [2.05, 4.69) is 26.5 Å². The van der Waals surface area contributed by atoms with Gasteiger partial charge in [0.05, 0.1) is 23.4 Å². The molecule has 0 unspecified atom stereocenters. The van der Waals surface area contributed by atoms with Gasteiger partial charge in [0.2, 0.25) is 6.79 Å². The number of sulfonamides is 1. The highest BCUT2D eigenvalue weighted by atomic mass is 79.9. The van der Waals surface area contributed by atoms with Crippen molar-refractivity contribution in [3.8, 4) is 17.2 Å². The van der Waals surface area contributed by atoms with Crippen LogP contribution in [0.15, 0.2) is 81.2 Å². The fourth-order valence-electron chi connectivity index (χ4n) is 3.28. The maximum absolute atomic E-state index is 13.4. The minimum absolute atomic E-state index is 0.0643. The van der Waals surface area contributed by atoms with Crippen LogP contribution in [0, 0.1) is 0 Å². The van der Waals surface area contributed by atoms with Crippen molar-refractivity contribution in [1.82, 2.24) is 5.43 Å². The van der Waals surface area contributed by atoms with Crippen LogP contribution in [-0.4, -0.2) is 40.5 Å². The molecule has 0 aromatic heterocycles. The number of carbonyl (C=O) groups is 1. The molecule has 0 atom stereocenters. The van der Waals surface area contributed by atoms with Gasteiger partial charge in [0.1, 0.15) is 12.3 Å². The van der Waals surface area contributed by atoms with Crippen molar-refractivity contribution in [3.63, 3.8) is 0 Å². The van der Waals surface area contributed by atoms with E-state index in [0.717, 1.165) is 4.31 Å². The molecule has 1 amide bonds. The normalized spacial score (nSPS) is 12.5. The van der Waals surface area contributed by atoms with E-state index in [9.17, 15) is 13.2 Å². The minimum Gasteiger partial charge on any atom is -0.494 e. The van der Waals surface area contributed by atoms with Gasteiger partial charge in [0.15, 0.2) is 11.5 Å². The molecule has 0 saturated carbocycles. The smallest absolute Gasteiger partial charge is 0.264 e.